The normalized spacial score (nSPS) is 10.9. The fourth-order valence-corrected chi connectivity index (χ4v) is 2.88. The SMILES string of the molecule is CCCCCCOc1c(OCCCC)c2ccc(OC)cc2n(C)c1=O. The van der Waals surface area contributed by atoms with Crippen LogP contribution >= 0.6 is 0 Å². The molecule has 0 fully saturated rings. The fourth-order valence-electron chi connectivity index (χ4n) is 2.88. The van der Waals surface area contributed by atoms with Crippen LogP contribution in [0.3, 0.4) is 0 Å². The predicted octanol–water partition coefficient (Wildman–Crippen LogP) is 4.69. The lowest BCUT2D eigenvalue weighted by Crippen LogP contribution is -2.21. The molecule has 0 saturated carbocycles. The minimum atomic E-state index is -0.173. The van der Waals surface area contributed by atoms with E-state index < -0.39 is 0 Å². The molecule has 0 spiro atoms. The largest absolute Gasteiger partial charge is 0.497 e. The molecule has 0 unspecified atom stereocenters. The maximum Gasteiger partial charge on any atom is 0.297 e. The summed E-state index contributed by atoms with van der Waals surface area (Å²) in [5.41, 5.74) is 0.604. The summed E-state index contributed by atoms with van der Waals surface area (Å²) in [6, 6.07) is 5.66. The minimum Gasteiger partial charge on any atom is -0.497 e. The maximum absolute atomic E-state index is 12.9. The average molecular weight is 361 g/mol. The zero-order chi connectivity index (χ0) is 18.9. The molecule has 2 rings (SSSR count). The zero-order valence-corrected chi connectivity index (χ0v) is 16.5. The molecule has 5 heteroatoms. The number of hydrogen-bond donors (Lipinski definition) is 0. The monoisotopic (exact) mass is 361 g/mol. The third-order valence-electron chi connectivity index (χ3n) is 4.50. The van der Waals surface area contributed by atoms with Crippen LogP contribution < -0.4 is 19.8 Å². The number of aromatic nitrogens is 1. The van der Waals surface area contributed by atoms with Gasteiger partial charge in [-0.3, -0.25) is 4.79 Å². The van der Waals surface area contributed by atoms with Gasteiger partial charge in [0.1, 0.15) is 5.75 Å². The molecule has 1 aromatic carbocycles. The standard InChI is InChI=1S/C21H31NO4/c1-5-7-9-10-14-26-20-19(25-13-8-6-2)17-12-11-16(24-4)15-18(17)22(3)21(20)23/h11-12,15H,5-10,13-14H2,1-4H3. The Bertz CT molecular complexity index is 767. The second kappa shape index (κ2) is 10.1. The average Bonchev–Trinajstić information content (AvgIpc) is 2.66. The van der Waals surface area contributed by atoms with Gasteiger partial charge in [0.25, 0.3) is 5.56 Å². The number of hydrogen-bond acceptors (Lipinski definition) is 4. The van der Waals surface area contributed by atoms with E-state index in [1.165, 1.54) is 12.8 Å². The van der Waals surface area contributed by atoms with Gasteiger partial charge in [0.05, 0.1) is 25.8 Å². The zero-order valence-electron chi connectivity index (χ0n) is 16.5. The first-order chi connectivity index (χ1) is 12.6. The number of fused-ring (bicyclic) bond motifs is 1. The number of pyridine rings is 1. The van der Waals surface area contributed by atoms with Gasteiger partial charge in [-0.2, -0.15) is 0 Å². The first-order valence-electron chi connectivity index (χ1n) is 9.60. The molecule has 1 heterocycles. The van der Waals surface area contributed by atoms with Crippen LogP contribution in [0.2, 0.25) is 0 Å². The smallest absolute Gasteiger partial charge is 0.297 e. The van der Waals surface area contributed by atoms with Gasteiger partial charge in [-0.25, -0.2) is 0 Å². The van der Waals surface area contributed by atoms with E-state index in [9.17, 15) is 4.79 Å². The highest BCUT2D eigenvalue weighted by Crippen LogP contribution is 2.34. The van der Waals surface area contributed by atoms with Gasteiger partial charge >= 0.3 is 0 Å². The van der Waals surface area contributed by atoms with Crippen LogP contribution in [0.1, 0.15) is 52.4 Å². The molecule has 0 radical (unpaired) electrons. The van der Waals surface area contributed by atoms with Crippen molar-refractivity contribution in [1.82, 2.24) is 4.57 Å². The van der Waals surface area contributed by atoms with Crippen molar-refractivity contribution in [2.75, 3.05) is 20.3 Å². The summed E-state index contributed by atoms with van der Waals surface area (Å²) >= 11 is 0. The van der Waals surface area contributed by atoms with Crippen molar-refractivity contribution in [3.05, 3.63) is 28.6 Å². The third kappa shape index (κ3) is 4.71. The number of ether oxygens (including phenoxy) is 3. The Morgan fingerprint density at radius 2 is 1.62 bits per heavy atom. The number of nitrogens with zero attached hydrogens (tertiary/aromatic N) is 1. The second-order valence-corrected chi connectivity index (χ2v) is 6.52. The summed E-state index contributed by atoms with van der Waals surface area (Å²) in [6.07, 6.45) is 6.36. The summed E-state index contributed by atoms with van der Waals surface area (Å²) < 4.78 is 18.8. The van der Waals surface area contributed by atoms with Crippen molar-refractivity contribution in [3.63, 3.8) is 0 Å². The van der Waals surface area contributed by atoms with E-state index in [4.69, 9.17) is 14.2 Å². The quantitative estimate of drug-likeness (QED) is 0.545. The summed E-state index contributed by atoms with van der Waals surface area (Å²) in [4.78, 5) is 12.9. The number of rotatable bonds is 11. The van der Waals surface area contributed by atoms with Crippen LogP contribution in [0.15, 0.2) is 23.0 Å². The number of benzene rings is 1. The van der Waals surface area contributed by atoms with E-state index in [0.717, 1.165) is 36.6 Å². The van der Waals surface area contributed by atoms with Gasteiger partial charge in [-0.15, -0.1) is 0 Å². The molecule has 2 aromatic rings. The van der Waals surface area contributed by atoms with Gasteiger partial charge in [-0.05, 0) is 25.0 Å². The predicted molar refractivity (Wildman–Crippen MR) is 106 cm³/mol. The van der Waals surface area contributed by atoms with Crippen molar-refractivity contribution in [1.29, 1.82) is 0 Å². The van der Waals surface area contributed by atoms with Crippen LogP contribution in [0.5, 0.6) is 17.2 Å². The summed E-state index contributed by atoms with van der Waals surface area (Å²) in [7, 11) is 3.37. The van der Waals surface area contributed by atoms with Crippen LogP contribution in [-0.4, -0.2) is 24.9 Å². The van der Waals surface area contributed by atoms with E-state index in [2.05, 4.69) is 13.8 Å². The summed E-state index contributed by atoms with van der Waals surface area (Å²) in [5, 5.41) is 0.868. The molecule has 0 N–H and O–H groups in total. The van der Waals surface area contributed by atoms with Crippen molar-refractivity contribution in [3.8, 4) is 17.2 Å². The third-order valence-corrected chi connectivity index (χ3v) is 4.50. The highest BCUT2D eigenvalue weighted by Gasteiger charge is 2.18. The molecule has 0 amide bonds. The lowest BCUT2D eigenvalue weighted by Gasteiger charge is -2.17. The lowest BCUT2D eigenvalue weighted by molar-refractivity contribution is 0.258. The summed E-state index contributed by atoms with van der Waals surface area (Å²) in [5.74, 6) is 1.58. The van der Waals surface area contributed by atoms with E-state index in [0.29, 0.717) is 30.5 Å². The molecule has 5 nitrogen and oxygen atoms in total. The molecule has 144 valence electrons. The minimum absolute atomic E-state index is 0.173. The topological polar surface area (TPSA) is 49.7 Å². The molecule has 0 aliphatic carbocycles. The Kier molecular flexibility index (Phi) is 7.82. The molecule has 0 aliphatic heterocycles. The van der Waals surface area contributed by atoms with Crippen LogP contribution in [-0.2, 0) is 7.05 Å². The molecule has 0 bridgehead atoms. The highest BCUT2D eigenvalue weighted by molar-refractivity contribution is 5.89. The molecular formula is C21H31NO4. The van der Waals surface area contributed by atoms with E-state index in [1.807, 2.05) is 18.2 Å². The van der Waals surface area contributed by atoms with Crippen molar-refractivity contribution in [2.45, 2.75) is 52.4 Å². The Morgan fingerprint density at radius 1 is 0.923 bits per heavy atom. The lowest BCUT2D eigenvalue weighted by atomic mass is 10.1. The van der Waals surface area contributed by atoms with Crippen LogP contribution in [0, 0.1) is 0 Å². The van der Waals surface area contributed by atoms with E-state index in [-0.39, 0.29) is 5.56 Å². The molecule has 0 aliphatic rings. The number of aryl methyl sites for hydroxylation is 1. The maximum atomic E-state index is 12.9. The molecular weight excluding hydrogens is 330 g/mol. The molecule has 0 atom stereocenters. The van der Waals surface area contributed by atoms with Crippen molar-refractivity contribution >= 4 is 10.9 Å². The molecule has 1 aromatic heterocycles. The number of unbranched alkanes of at least 4 members (excludes halogenated alkanes) is 4. The fraction of sp³-hybridized carbons (Fsp3) is 0.571. The van der Waals surface area contributed by atoms with Gasteiger partial charge in [-0.1, -0.05) is 39.5 Å². The van der Waals surface area contributed by atoms with Gasteiger partial charge < -0.3 is 18.8 Å². The molecule has 26 heavy (non-hydrogen) atoms. The van der Waals surface area contributed by atoms with Crippen molar-refractivity contribution in [2.24, 2.45) is 7.05 Å². The van der Waals surface area contributed by atoms with Crippen molar-refractivity contribution < 1.29 is 14.2 Å². The Labute approximate surface area is 155 Å². The second-order valence-electron chi connectivity index (χ2n) is 6.52. The number of methoxy groups -OCH3 is 1. The van der Waals surface area contributed by atoms with Crippen LogP contribution in [0.4, 0.5) is 0 Å². The van der Waals surface area contributed by atoms with Gasteiger partial charge in [0.15, 0.2) is 5.75 Å². The Hall–Kier alpha value is -2.17. The van der Waals surface area contributed by atoms with E-state index >= 15 is 0 Å². The Morgan fingerprint density at radius 3 is 2.31 bits per heavy atom. The highest BCUT2D eigenvalue weighted by atomic mass is 16.5. The first-order valence-corrected chi connectivity index (χ1v) is 9.60. The molecule has 0 saturated heterocycles. The Balaban J connectivity index is 2.41. The van der Waals surface area contributed by atoms with Crippen LogP contribution in [0.25, 0.3) is 10.9 Å². The van der Waals surface area contributed by atoms with Gasteiger partial charge in [0.2, 0.25) is 5.75 Å². The first kappa shape index (κ1) is 20.1. The van der Waals surface area contributed by atoms with Gasteiger partial charge in [0, 0.05) is 18.5 Å². The van der Waals surface area contributed by atoms with E-state index in [1.54, 1.807) is 18.7 Å². The summed E-state index contributed by atoms with van der Waals surface area (Å²) in [6.45, 7) is 5.38.